The van der Waals surface area contributed by atoms with Gasteiger partial charge in [-0.2, -0.15) is 5.10 Å². The second-order valence-corrected chi connectivity index (χ2v) is 6.06. The van der Waals surface area contributed by atoms with Crippen LogP contribution in [0.25, 0.3) is 11.4 Å². The third kappa shape index (κ3) is 7.57. The van der Waals surface area contributed by atoms with Gasteiger partial charge in [-0.1, -0.05) is 58.4 Å². The number of hydrogen-bond acceptors (Lipinski definition) is 5. The summed E-state index contributed by atoms with van der Waals surface area (Å²) in [6.45, 7) is 11.8. The van der Waals surface area contributed by atoms with Crippen molar-refractivity contribution in [3.05, 3.63) is 77.3 Å². The van der Waals surface area contributed by atoms with Gasteiger partial charge in [0.1, 0.15) is 24.8 Å². The summed E-state index contributed by atoms with van der Waals surface area (Å²) >= 11 is 6.08. The molecule has 2 heterocycles. The molecule has 0 aliphatic carbocycles. The van der Waals surface area contributed by atoms with Gasteiger partial charge < -0.3 is 0 Å². The Kier molecular flexibility index (Phi) is 11.7. The average Bonchev–Trinajstić information content (AvgIpc) is 3.54. The van der Waals surface area contributed by atoms with E-state index in [2.05, 4.69) is 32.5 Å². The van der Waals surface area contributed by atoms with E-state index in [1.54, 1.807) is 30.1 Å². The molecule has 7 nitrogen and oxygen atoms in total. The zero-order valence-corrected chi connectivity index (χ0v) is 19.5. The summed E-state index contributed by atoms with van der Waals surface area (Å²) in [7, 11) is 0. The van der Waals surface area contributed by atoms with Crippen molar-refractivity contribution < 1.29 is 4.39 Å². The quantitative estimate of drug-likeness (QED) is 0.407. The van der Waals surface area contributed by atoms with Crippen molar-refractivity contribution in [1.29, 1.82) is 0 Å². The monoisotopic (exact) mass is 445 g/mol. The number of nitrogens with zero attached hydrogens (tertiary/aromatic N) is 7. The number of tetrazole rings is 1. The summed E-state index contributed by atoms with van der Waals surface area (Å²) in [4.78, 5) is 3.88. The number of aryl methyl sites for hydroxylation is 2. The highest BCUT2D eigenvalue weighted by Crippen LogP contribution is 2.20. The predicted molar refractivity (Wildman–Crippen MR) is 122 cm³/mol. The molecule has 2 aromatic carbocycles. The van der Waals surface area contributed by atoms with Crippen LogP contribution in [0.15, 0.2) is 55.4 Å². The minimum Gasteiger partial charge on any atom is -0.223 e. The fraction of sp³-hybridized carbons (Fsp3) is 0.318. The van der Waals surface area contributed by atoms with Crippen LogP contribution in [0.2, 0.25) is 5.02 Å². The molecule has 0 N–H and O–H groups in total. The highest BCUT2D eigenvalue weighted by Gasteiger charge is 2.02. The van der Waals surface area contributed by atoms with E-state index in [4.69, 9.17) is 11.6 Å². The van der Waals surface area contributed by atoms with Crippen LogP contribution in [-0.4, -0.2) is 35.0 Å². The second-order valence-electron chi connectivity index (χ2n) is 5.66. The van der Waals surface area contributed by atoms with Crippen LogP contribution < -0.4 is 0 Å². The van der Waals surface area contributed by atoms with Gasteiger partial charge in [0.05, 0.1) is 11.4 Å². The molecule has 0 atom stereocenters. The van der Waals surface area contributed by atoms with E-state index in [1.165, 1.54) is 23.4 Å². The van der Waals surface area contributed by atoms with E-state index < -0.39 is 0 Å². The van der Waals surface area contributed by atoms with Crippen LogP contribution in [0.3, 0.4) is 0 Å². The molecule has 0 aliphatic rings. The lowest BCUT2D eigenvalue weighted by molar-refractivity contribution is 0.615. The summed E-state index contributed by atoms with van der Waals surface area (Å²) < 4.78 is 16.2. The van der Waals surface area contributed by atoms with Gasteiger partial charge >= 0.3 is 0 Å². The second kappa shape index (κ2) is 14.0. The van der Waals surface area contributed by atoms with Gasteiger partial charge in [-0.15, -0.1) is 5.10 Å². The molecule has 0 radical (unpaired) electrons. The maximum Gasteiger partial charge on any atom is 0.143 e. The van der Waals surface area contributed by atoms with Gasteiger partial charge in [0, 0.05) is 5.02 Å². The first-order valence-electron chi connectivity index (χ1n) is 10.2. The van der Waals surface area contributed by atoms with Crippen molar-refractivity contribution in [1.82, 2.24) is 35.0 Å². The van der Waals surface area contributed by atoms with Crippen molar-refractivity contribution in [3.63, 3.8) is 0 Å². The molecule has 9 heteroatoms. The minimum atomic E-state index is -0.256. The van der Waals surface area contributed by atoms with E-state index in [9.17, 15) is 4.39 Å². The number of benzene rings is 2. The summed E-state index contributed by atoms with van der Waals surface area (Å²) in [6, 6.07) is 10.7. The van der Waals surface area contributed by atoms with Gasteiger partial charge in [0.15, 0.2) is 0 Å². The number of hydrogen-bond donors (Lipinski definition) is 0. The molecule has 0 aliphatic heterocycles. The van der Waals surface area contributed by atoms with Crippen LogP contribution in [0.5, 0.6) is 0 Å². The Morgan fingerprint density at radius 3 is 2.13 bits per heavy atom. The minimum absolute atomic E-state index is 0.256. The molecule has 4 aromatic rings. The summed E-state index contributed by atoms with van der Waals surface area (Å²) in [6.07, 6.45) is 5.51. The summed E-state index contributed by atoms with van der Waals surface area (Å²) in [5.41, 5.74) is 3.31. The number of rotatable bonds is 3. The molecule has 0 amide bonds. The van der Waals surface area contributed by atoms with Gasteiger partial charge in [-0.25, -0.2) is 18.7 Å². The largest absolute Gasteiger partial charge is 0.223 e. The van der Waals surface area contributed by atoms with Crippen LogP contribution in [0.1, 0.15) is 45.7 Å². The van der Waals surface area contributed by atoms with Crippen molar-refractivity contribution >= 4 is 11.6 Å². The highest BCUT2D eigenvalue weighted by atomic mass is 35.5. The molecular formula is C22H29ClFN7. The molecule has 0 spiro atoms. The van der Waals surface area contributed by atoms with Crippen LogP contribution >= 0.6 is 11.6 Å². The highest BCUT2D eigenvalue weighted by molar-refractivity contribution is 6.31. The third-order valence-electron chi connectivity index (χ3n) is 3.87. The summed E-state index contributed by atoms with van der Waals surface area (Å²) in [5, 5.41) is 15.4. The molecule has 2 aromatic heterocycles. The number of halogens is 2. The first kappa shape index (κ1) is 25.9. The first-order chi connectivity index (χ1) is 15.1. The van der Waals surface area contributed by atoms with E-state index in [1.807, 2.05) is 45.9 Å². The van der Waals surface area contributed by atoms with Gasteiger partial charge in [0.25, 0.3) is 0 Å². The van der Waals surface area contributed by atoms with E-state index >= 15 is 0 Å². The van der Waals surface area contributed by atoms with E-state index in [0.717, 1.165) is 22.7 Å². The van der Waals surface area contributed by atoms with Gasteiger partial charge in [-0.05, 0) is 59.2 Å². The predicted octanol–water partition coefficient (Wildman–Crippen LogP) is 5.65. The Labute approximate surface area is 187 Å². The van der Waals surface area contributed by atoms with Crippen molar-refractivity contribution in [2.45, 2.75) is 48.0 Å². The van der Waals surface area contributed by atoms with Crippen molar-refractivity contribution in [2.75, 3.05) is 0 Å². The lowest BCUT2D eigenvalue weighted by Gasteiger charge is -2.04. The zero-order chi connectivity index (χ0) is 23.2. The number of aromatic nitrogens is 7. The van der Waals surface area contributed by atoms with Crippen LogP contribution in [-0.2, 0) is 6.42 Å². The van der Waals surface area contributed by atoms with Crippen LogP contribution in [0.4, 0.5) is 4.39 Å². The van der Waals surface area contributed by atoms with Crippen molar-refractivity contribution in [2.24, 2.45) is 0 Å². The Bertz CT molecular complexity index is 1000. The Hall–Kier alpha value is -3.13. The maximum absolute atomic E-state index is 13.1. The molecule has 4 rings (SSSR count). The molecule has 0 saturated carbocycles. The fourth-order valence-electron chi connectivity index (χ4n) is 2.31. The van der Waals surface area contributed by atoms with Crippen molar-refractivity contribution in [3.8, 4) is 11.4 Å². The molecule has 0 saturated heterocycles. The lowest BCUT2D eigenvalue weighted by atomic mass is 10.1. The van der Waals surface area contributed by atoms with Gasteiger partial charge in [0.2, 0.25) is 0 Å². The van der Waals surface area contributed by atoms with Gasteiger partial charge in [-0.3, -0.25) is 0 Å². The zero-order valence-electron chi connectivity index (χ0n) is 18.8. The molecular weight excluding hydrogens is 417 g/mol. The van der Waals surface area contributed by atoms with E-state index in [-0.39, 0.29) is 5.82 Å². The Morgan fingerprint density at radius 2 is 1.61 bits per heavy atom. The molecule has 0 fully saturated rings. The third-order valence-corrected chi connectivity index (χ3v) is 4.22. The fourth-order valence-corrected chi connectivity index (χ4v) is 2.62. The summed E-state index contributed by atoms with van der Waals surface area (Å²) in [5.74, 6) is -0.256. The Morgan fingerprint density at radius 1 is 0.935 bits per heavy atom. The average molecular weight is 446 g/mol. The first-order valence-corrected chi connectivity index (χ1v) is 10.6. The SMILES string of the molecule is CC.CC.CCc1ccc(-n2cncn2)cc1Cl.Cc1ccc(-n2cnnn2)cc1F. The maximum atomic E-state index is 13.1. The molecule has 0 unspecified atom stereocenters. The standard InChI is InChI=1S/C10H10ClN3.C8H7FN4.2C2H6/c1-2-8-3-4-9(5-10(8)11)14-7-12-6-13-14;1-6-2-3-7(4-8(6)9)13-5-10-11-12-13;2*1-2/h3-7H,2H2,1H3;2-5H,1H3;2*1-2H3. The molecule has 0 bridgehead atoms. The van der Waals surface area contributed by atoms with Crippen LogP contribution in [0, 0.1) is 12.7 Å². The molecule has 31 heavy (non-hydrogen) atoms. The molecule has 166 valence electrons. The Balaban J connectivity index is 0.000000268. The topological polar surface area (TPSA) is 74.3 Å². The van der Waals surface area contributed by atoms with E-state index in [0.29, 0.717) is 11.3 Å². The smallest absolute Gasteiger partial charge is 0.143 e. The lowest BCUT2D eigenvalue weighted by Crippen LogP contribution is -1.96. The normalized spacial score (nSPS) is 9.42.